The van der Waals surface area contributed by atoms with Gasteiger partial charge in [0.05, 0.1) is 5.56 Å². The molecule has 0 spiro atoms. The lowest BCUT2D eigenvalue weighted by Crippen LogP contribution is -2.05. The van der Waals surface area contributed by atoms with Gasteiger partial charge in [-0.05, 0) is 23.8 Å². The van der Waals surface area contributed by atoms with Crippen LogP contribution in [0.5, 0.6) is 0 Å². The molecule has 0 aliphatic carbocycles. The topological polar surface area (TPSA) is 30.7 Å². The molecule has 2 aromatic carbocycles. The molecule has 0 saturated heterocycles. The van der Waals surface area contributed by atoms with E-state index in [9.17, 15) is 13.2 Å². The summed E-state index contributed by atoms with van der Waals surface area (Å²) in [6.45, 7) is 4.27. The van der Waals surface area contributed by atoms with Crippen molar-refractivity contribution in [3.63, 3.8) is 0 Å². The van der Waals surface area contributed by atoms with E-state index in [4.69, 9.17) is 0 Å². The lowest BCUT2D eigenvalue weighted by Gasteiger charge is -2.10. The zero-order valence-corrected chi connectivity index (χ0v) is 16.5. The Morgan fingerprint density at radius 1 is 1.11 bits per heavy atom. The molecule has 1 heterocycles. The van der Waals surface area contributed by atoms with Gasteiger partial charge in [-0.1, -0.05) is 64.1 Å². The van der Waals surface area contributed by atoms with Crippen LogP contribution < -0.4 is 0 Å². The van der Waals surface area contributed by atoms with Gasteiger partial charge in [-0.3, -0.25) is 4.57 Å². The highest BCUT2D eigenvalue weighted by molar-refractivity contribution is 9.10. The van der Waals surface area contributed by atoms with Crippen molar-refractivity contribution in [3.05, 3.63) is 76.8 Å². The molecule has 0 atom stereocenters. The number of hydrogen-bond acceptors (Lipinski definition) is 3. The molecule has 0 fully saturated rings. The maximum atomic E-state index is 12.9. The highest BCUT2D eigenvalue weighted by Gasteiger charge is 2.30. The lowest BCUT2D eigenvalue weighted by atomic mass is 10.1. The Hall–Kier alpha value is -2.06. The van der Waals surface area contributed by atoms with Gasteiger partial charge in [0.1, 0.15) is 0 Å². The van der Waals surface area contributed by atoms with E-state index in [0.29, 0.717) is 28.8 Å². The molecule has 0 bridgehead atoms. The van der Waals surface area contributed by atoms with E-state index < -0.39 is 11.7 Å². The standard InChI is InChI=1S/C19H15BrF3N3S/c1-2-10-26-17(14-6-8-16(20)9-7-14)24-25-18(26)27-12-13-4-3-5-15(11-13)19(21,22)23/h2-9,11H,1,10,12H2. The zero-order chi connectivity index (χ0) is 19.4. The van der Waals surface area contributed by atoms with Gasteiger partial charge in [0.25, 0.3) is 0 Å². The van der Waals surface area contributed by atoms with Crippen LogP contribution in [0.15, 0.2) is 70.8 Å². The molecular weight excluding hydrogens is 439 g/mol. The minimum absolute atomic E-state index is 0.361. The van der Waals surface area contributed by atoms with Crippen molar-refractivity contribution in [1.29, 1.82) is 0 Å². The Bertz CT molecular complexity index is 936. The molecule has 0 amide bonds. The maximum absolute atomic E-state index is 12.9. The molecule has 0 saturated carbocycles. The van der Waals surface area contributed by atoms with Crippen LogP contribution >= 0.6 is 27.7 Å². The first-order valence-corrected chi connectivity index (χ1v) is 9.75. The van der Waals surface area contributed by atoms with Gasteiger partial charge in [0, 0.05) is 22.3 Å². The highest BCUT2D eigenvalue weighted by atomic mass is 79.9. The smallest absolute Gasteiger partial charge is 0.298 e. The Morgan fingerprint density at radius 3 is 2.52 bits per heavy atom. The van der Waals surface area contributed by atoms with Crippen LogP contribution in [-0.4, -0.2) is 14.8 Å². The average molecular weight is 454 g/mol. The van der Waals surface area contributed by atoms with E-state index in [1.165, 1.54) is 17.8 Å². The Balaban J connectivity index is 1.83. The SMILES string of the molecule is C=CCn1c(SCc2cccc(C(F)(F)F)c2)nnc1-c1ccc(Br)cc1. The molecule has 0 N–H and O–H groups in total. The number of benzene rings is 2. The predicted octanol–water partition coefficient (Wildman–Crippen LogP) is 6.20. The van der Waals surface area contributed by atoms with Crippen LogP contribution in [0.3, 0.4) is 0 Å². The monoisotopic (exact) mass is 453 g/mol. The van der Waals surface area contributed by atoms with Crippen LogP contribution in [0.25, 0.3) is 11.4 Å². The van der Waals surface area contributed by atoms with Gasteiger partial charge in [-0.15, -0.1) is 16.8 Å². The second kappa shape index (κ2) is 8.31. The summed E-state index contributed by atoms with van der Waals surface area (Å²) < 4.78 is 41.5. The number of thioether (sulfide) groups is 1. The first-order chi connectivity index (χ1) is 12.9. The summed E-state index contributed by atoms with van der Waals surface area (Å²) >= 11 is 4.74. The molecule has 1 aromatic heterocycles. The number of hydrogen-bond donors (Lipinski definition) is 0. The molecule has 8 heteroatoms. The summed E-state index contributed by atoms with van der Waals surface area (Å²) in [5.74, 6) is 1.05. The molecule has 140 valence electrons. The van der Waals surface area contributed by atoms with Gasteiger partial charge in [-0.2, -0.15) is 13.2 Å². The lowest BCUT2D eigenvalue weighted by molar-refractivity contribution is -0.137. The van der Waals surface area contributed by atoms with E-state index >= 15 is 0 Å². The Kier molecular flexibility index (Phi) is 6.06. The minimum Gasteiger partial charge on any atom is -0.298 e. The van der Waals surface area contributed by atoms with Gasteiger partial charge in [0.15, 0.2) is 11.0 Å². The van der Waals surface area contributed by atoms with Crippen molar-refractivity contribution in [2.75, 3.05) is 0 Å². The van der Waals surface area contributed by atoms with Crippen LogP contribution in [0.2, 0.25) is 0 Å². The molecule has 0 radical (unpaired) electrons. The summed E-state index contributed by atoms with van der Waals surface area (Å²) in [7, 11) is 0. The highest BCUT2D eigenvalue weighted by Crippen LogP contribution is 2.32. The third-order valence-corrected chi connectivity index (χ3v) is 5.32. The first kappa shape index (κ1) is 19.7. The van der Waals surface area contributed by atoms with Crippen molar-refractivity contribution in [2.24, 2.45) is 0 Å². The molecule has 0 aliphatic rings. The summed E-state index contributed by atoms with van der Waals surface area (Å²) in [5, 5.41) is 9.10. The molecule has 27 heavy (non-hydrogen) atoms. The second-order valence-corrected chi connectivity index (χ2v) is 7.56. The third kappa shape index (κ3) is 4.81. The first-order valence-electron chi connectivity index (χ1n) is 7.97. The molecule has 0 unspecified atom stereocenters. The number of rotatable bonds is 6. The van der Waals surface area contributed by atoms with Crippen molar-refractivity contribution >= 4 is 27.7 Å². The quantitative estimate of drug-likeness (QED) is 0.328. The second-order valence-electron chi connectivity index (χ2n) is 5.70. The summed E-state index contributed by atoms with van der Waals surface area (Å²) in [6, 6.07) is 13.0. The zero-order valence-electron chi connectivity index (χ0n) is 14.1. The molecule has 3 aromatic rings. The van der Waals surface area contributed by atoms with Crippen LogP contribution in [0.1, 0.15) is 11.1 Å². The number of nitrogens with zero attached hydrogens (tertiary/aromatic N) is 3. The summed E-state index contributed by atoms with van der Waals surface area (Å²) in [6.07, 6.45) is -2.61. The van der Waals surface area contributed by atoms with Crippen LogP contribution in [-0.2, 0) is 18.5 Å². The number of halogens is 4. The van der Waals surface area contributed by atoms with E-state index in [1.54, 1.807) is 12.1 Å². The molecule has 0 aliphatic heterocycles. The Labute approximate surface area is 167 Å². The van der Waals surface area contributed by atoms with E-state index in [0.717, 1.165) is 22.2 Å². The van der Waals surface area contributed by atoms with Crippen LogP contribution in [0.4, 0.5) is 13.2 Å². The fraction of sp³-hybridized carbons (Fsp3) is 0.158. The van der Waals surface area contributed by atoms with E-state index in [2.05, 4.69) is 32.7 Å². The van der Waals surface area contributed by atoms with Crippen molar-refractivity contribution in [2.45, 2.75) is 23.6 Å². The Morgan fingerprint density at radius 2 is 1.85 bits per heavy atom. The molecular formula is C19H15BrF3N3S. The third-order valence-electron chi connectivity index (χ3n) is 3.75. The maximum Gasteiger partial charge on any atom is 0.416 e. The molecule has 3 nitrogen and oxygen atoms in total. The van der Waals surface area contributed by atoms with Gasteiger partial charge < -0.3 is 0 Å². The number of allylic oxidation sites excluding steroid dienone is 1. The van der Waals surface area contributed by atoms with Crippen molar-refractivity contribution in [1.82, 2.24) is 14.8 Å². The van der Waals surface area contributed by atoms with E-state index in [-0.39, 0.29) is 0 Å². The molecule has 3 rings (SSSR count). The fourth-order valence-electron chi connectivity index (χ4n) is 2.49. The van der Waals surface area contributed by atoms with Gasteiger partial charge in [-0.25, -0.2) is 0 Å². The fourth-order valence-corrected chi connectivity index (χ4v) is 3.64. The van der Waals surface area contributed by atoms with E-state index in [1.807, 2.05) is 28.8 Å². The number of alkyl halides is 3. The van der Waals surface area contributed by atoms with Gasteiger partial charge in [0.2, 0.25) is 0 Å². The number of aromatic nitrogens is 3. The predicted molar refractivity (Wildman–Crippen MR) is 104 cm³/mol. The van der Waals surface area contributed by atoms with Crippen molar-refractivity contribution < 1.29 is 13.2 Å². The largest absolute Gasteiger partial charge is 0.416 e. The van der Waals surface area contributed by atoms with Gasteiger partial charge >= 0.3 is 6.18 Å². The van der Waals surface area contributed by atoms with Crippen LogP contribution in [0, 0.1) is 0 Å². The average Bonchev–Trinajstić information content (AvgIpc) is 3.03. The van der Waals surface area contributed by atoms with Crippen molar-refractivity contribution in [3.8, 4) is 11.4 Å². The summed E-state index contributed by atoms with van der Waals surface area (Å²) in [4.78, 5) is 0. The summed E-state index contributed by atoms with van der Waals surface area (Å²) in [5.41, 5.74) is 0.829. The minimum atomic E-state index is -4.35. The normalized spacial score (nSPS) is 11.6.